The molecule has 0 saturated carbocycles. The second kappa shape index (κ2) is 9.99. The van der Waals surface area contributed by atoms with E-state index in [0.717, 1.165) is 11.3 Å². The van der Waals surface area contributed by atoms with Crippen molar-refractivity contribution >= 4 is 21.6 Å². The minimum Gasteiger partial charge on any atom is -0.497 e. The normalized spacial score (nSPS) is 10.9. The maximum Gasteiger partial charge on any atom is 0.261 e. The number of benzene rings is 3. The number of methoxy groups -OCH3 is 1. The highest BCUT2D eigenvalue weighted by atomic mass is 32.2. The Morgan fingerprint density at radius 2 is 1.61 bits per heavy atom. The monoisotopic (exact) mass is 440 g/mol. The fourth-order valence-electron chi connectivity index (χ4n) is 2.75. The fourth-order valence-corrected chi connectivity index (χ4v) is 3.85. The van der Waals surface area contributed by atoms with Crippen molar-refractivity contribution in [2.45, 2.75) is 11.8 Å². The van der Waals surface area contributed by atoms with E-state index in [2.05, 4.69) is 10.0 Å². The summed E-state index contributed by atoms with van der Waals surface area (Å²) in [4.78, 5) is 12.4. The molecule has 0 atom stereocenters. The van der Waals surface area contributed by atoms with Crippen molar-refractivity contribution in [1.29, 1.82) is 0 Å². The first-order valence-corrected chi connectivity index (χ1v) is 11.1. The van der Waals surface area contributed by atoms with Crippen molar-refractivity contribution in [1.82, 2.24) is 5.32 Å². The smallest absolute Gasteiger partial charge is 0.261 e. The zero-order valence-electron chi connectivity index (χ0n) is 17.3. The molecule has 0 fully saturated rings. The molecule has 3 aromatic carbocycles. The lowest BCUT2D eigenvalue weighted by Gasteiger charge is -2.11. The Labute approximate surface area is 182 Å². The molecular formula is C23H24N2O5S. The summed E-state index contributed by atoms with van der Waals surface area (Å²) in [6.45, 7) is 2.57. The van der Waals surface area contributed by atoms with Gasteiger partial charge in [-0.1, -0.05) is 23.8 Å². The summed E-state index contributed by atoms with van der Waals surface area (Å²) in [7, 11) is -2.32. The highest BCUT2D eigenvalue weighted by Crippen LogP contribution is 2.20. The van der Waals surface area contributed by atoms with E-state index in [0.29, 0.717) is 18.0 Å². The first kappa shape index (κ1) is 22.2. The van der Waals surface area contributed by atoms with E-state index in [1.807, 2.05) is 31.2 Å². The van der Waals surface area contributed by atoms with Crippen LogP contribution in [0.25, 0.3) is 0 Å². The zero-order chi connectivity index (χ0) is 22.3. The molecule has 0 bridgehead atoms. The molecule has 0 radical (unpaired) electrons. The lowest BCUT2D eigenvalue weighted by Crippen LogP contribution is -2.28. The van der Waals surface area contributed by atoms with Gasteiger partial charge in [-0.15, -0.1) is 0 Å². The third-order valence-corrected chi connectivity index (χ3v) is 5.81. The molecule has 2 N–H and O–H groups in total. The highest BCUT2D eigenvalue weighted by Gasteiger charge is 2.16. The van der Waals surface area contributed by atoms with E-state index in [4.69, 9.17) is 9.47 Å². The molecule has 0 saturated heterocycles. The summed E-state index contributed by atoms with van der Waals surface area (Å²) in [5, 5.41) is 2.73. The van der Waals surface area contributed by atoms with E-state index in [1.54, 1.807) is 30.3 Å². The van der Waals surface area contributed by atoms with Gasteiger partial charge in [-0.25, -0.2) is 8.42 Å². The Bertz CT molecular complexity index is 1130. The molecule has 8 heteroatoms. The molecule has 0 heterocycles. The molecule has 31 heavy (non-hydrogen) atoms. The topological polar surface area (TPSA) is 93.7 Å². The van der Waals surface area contributed by atoms with E-state index in [1.165, 1.54) is 25.3 Å². The van der Waals surface area contributed by atoms with Crippen LogP contribution in [0.5, 0.6) is 11.5 Å². The Balaban J connectivity index is 1.58. The summed E-state index contributed by atoms with van der Waals surface area (Å²) < 4.78 is 38.5. The highest BCUT2D eigenvalue weighted by molar-refractivity contribution is 7.92. The van der Waals surface area contributed by atoms with Gasteiger partial charge < -0.3 is 14.8 Å². The number of hydrogen-bond acceptors (Lipinski definition) is 5. The van der Waals surface area contributed by atoms with Crippen LogP contribution in [0.1, 0.15) is 15.9 Å². The number of sulfonamides is 1. The van der Waals surface area contributed by atoms with Gasteiger partial charge in [0.05, 0.1) is 18.6 Å². The predicted octanol–water partition coefficient (Wildman–Crippen LogP) is 3.61. The molecule has 162 valence electrons. The lowest BCUT2D eigenvalue weighted by molar-refractivity contribution is 0.0947. The average Bonchev–Trinajstić information content (AvgIpc) is 2.78. The van der Waals surface area contributed by atoms with E-state index >= 15 is 0 Å². The maximum atomic E-state index is 12.7. The van der Waals surface area contributed by atoms with E-state index < -0.39 is 10.0 Å². The van der Waals surface area contributed by atoms with Crippen molar-refractivity contribution in [3.8, 4) is 11.5 Å². The van der Waals surface area contributed by atoms with Crippen LogP contribution in [0.4, 0.5) is 5.69 Å². The molecule has 0 spiro atoms. The van der Waals surface area contributed by atoms with Gasteiger partial charge in [-0.2, -0.15) is 0 Å². The van der Waals surface area contributed by atoms with Crippen molar-refractivity contribution in [3.63, 3.8) is 0 Å². The number of rotatable bonds is 9. The lowest BCUT2D eigenvalue weighted by atomic mass is 10.2. The van der Waals surface area contributed by atoms with Crippen LogP contribution in [0, 0.1) is 6.92 Å². The summed E-state index contributed by atoms with van der Waals surface area (Å²) in [6.07, 6.45) is 0. The molecule has 0 aliphatic rings. The molecule has 7 nitrogen and oxygen atoms in total. The summed E-state index contributed by atoms with van der Waals surface area (Å²) in [6, 6.07) is 20.0. The molecular weight excluding hydrogens is 416 g/mol. The number of carbonyl (C=O) groups is 1. The molecule has 0 aliphatic carbocycles. The second-order valence-corrected chi connectivity index (χ2v) is 8.46. The van der Waals surface area contributed by atoms with Gasteiger partial charge in [0.15, 0.2) is 0 Å². The van der Waals surface area contributed by atoms with Gasteiger partial charge in [0.2, 0.25) is 0 Å². The number of aryl methyl sites for hydroxylation is 1. The van der Waals surface area contributed by atoms with Gasteiger partial charge in [0.1, 0.15) is 18.1 Å². The van der Waals surface area contributed by atoms with E-state index in [9.17, 15) is 13.2 Å². The Morgan fingerprint density at radius 1 is 0.935 bits per heavy atom. The van der Waals surface area contributed by atoms with Crippen LogP contribution in [-0.4, -0.2) is 34.6 Å². The number of amides is 1. The van der Waals surface area contributed by atoms with E-state index in [-0.39, 0.29) is 22.9 Å². The third-order valence-electron chi connectivity index (χ3n) is 4.43. The van der Waals surface area contributed by atoms with Crippen LogP contribution in [-0.2, 0) is 10.0 Å². The van der Waals surface area contributed by atoms with Crippen LogP contribution >= 0.6 is 0 Å². The molecule has 3 rings (SSSR count). The molecule has 3 aromatic rings. The standard InChI is InChI=1S/C23H24N2O5S/c1-17-6-10-21(11-7-17)30-15-14-24-23(26)18-4-3-5-22(16-18)31(27,28)25-19-8-12-20(29-2)13-9-19/h3-13,16,25H,14-15H2,1-2H3,(H,24,26). The summed E-state index contributed by atoms with van der Waals surface area (Å²) >= 11 is 0. The number of nitrogens with one attached hydrogen (secondary N) is 2. The minimum atomic E-state index is -3.85. The molecule has 0 aromatic heterocycles. The van der Waals surface area contributed by atoms with Crippen molar-refractivity contribution in [2.24, 2.45) is 0 Å². The van der Waals surface area contributed by atoms with Gasteiger partial charge >= 0.3 is 0 Å². The van der Waals surface area contributed by atoms with Crippen LogP contribution in [0.3, 0.4) is 0 Å². The zero-order valence-corrected chi connectivity index (χ0v) is 18.1. The predicted molar refractivity (Wildman–Crippen MR) is 119 cm³/mol. The third kappa shape index (κ3) is 6.23. The summed E-state index contributed by atoms with van der Waals surface area (Å²) in [5.74, 6) is 0.958. The van der Waals surface area contributed by atoms with Gasteiger partial charge in [-0.05, 0) is 61.5 Å². The minimum absolute atomic E-state index is 0.00752. The van der Waals surface area contributed by atoms with Crippen molar-refractivity contribution in [3.05, 3.63) is 83.9 Å². The van der Waals surface area contributed by atoms with Crippen LogP contribution < -0.4 is 19.5 Å². The number of hydrogen-bond donors (Lipinski definition) is 2. The van der Waals surface area contributed by atoms with Crippen LogP contribution in [0.15, 0.2) is 77.7 Å². The SMILES string of the molecule is COc1ccc(NS(=O)(=O)c2cccc(C(=O)NCCOc3ccc(C)cc3)c2)cc1. The van der Waals surface area contributed by atoms with Gasteiger partial charge in [0.25, 0.3) is 15.9 Å². The molecule has 1 amide bonds. The molecule has 0 aliphatic heterocycles. The van der Waals surface area contributed by atoms with Crippen molar-refractivity contribution < 1.29 is 22.7 Å². The number of carbonyl (C=O) groups excluding carboxylic acids is 1. The summed E-state index contributed by atoms with van der Waals surface area (Å²) in [5.41, 5.74) is 1.77. The quantitative estimate of drug-likeness (QED) is 0.496. The first-order valence-electron chi connectivity index (χ1n) is 9.62. The number of anilines is 1. The molecule has 0 unspecified atom stereocenters. The largest absolute Gasteiger partial charge is 0.497 e. The van der Waals surface area contributed by atoms with Crippen LogP contribution in [0.2, 0.25) is 0 Å². The Morgan fingerprint density at radius 3 is 2.29 bits per heavy atom. The second-order valence-electron chi connectivity index (χ2n) is 6.78. The Kier molecular flexibility index (Phi) is 7.15. The van der Waals surface area contributed by atoms with Gasteiger partial charge in [-0.3, -0.25) is 9.52 Å². The Hall–Kier alpha value is -3.52. The first-order chi connectivity index (χ1) is 14.9. The fraction of sp³-hybridized carbons (Fsp3) is 0.174. The number of ether oxygens (including phenoxy) is 2. The average molecular weight is 441 g/mol. The van der Waals surface area contributed by atoms with Crippen molar-refractivity contribution in [2.75, 3.05) is 25.0 Å². The maximum absolute atomic E-state index is 12.7. The van der Waals surface area contributed by atoms with Gasteiger partial charge in [0, 0.05) is 11.3 Å².